The molecule has 1 aromatic carbocycles. The number of pyridine rings is 1. The molecule has 1 heterocycles. The molecule has 0 aliphatic heterocycles. The van der Waals surface area contributed by atoms with Crippen molar-refractivity contribution in [3.05, 3.63) is 41.6 Å². The number of carbonyl (C=O) groups excluding carboxylic acids is 1. The summed E-state index contributed by atoms with van der Waals surface area (Å²) in [4.78, 5) is 15.4. The fourth-order valence-corrected chi connectivity index (χ4v) is 1.77. The second-order valence-corrected chi connectivity index (χ2v) is 4.16. The highest BCUT2D eigenvalue weighted by atomic mass is 16.5. The van der Waals surface area contributed by atoms with Crippen LogP contribution in [0.1, 0.15) is 11.3 Å². The minimum atomic E-state index is -0.256. The maximum atomic E-state index is 11.0. The number of methoxy groups -OCH3 is 1. The highest BCUT2D eigenvalue weighted by molar-refractivity contribution is 5.79. The minimum absolute atomic E-state index is 0.223. The Hall–Kier alpha value is -1.94. The third-order valence-electron chi connectivity index (χ3n) is 2.72. The molecular weight excluding hydrogens is 228 g/mol. The lowest BCUT2D eigenvalue weighted by Crippen LogP contribution is -2.23. The number of rotatable bonds is 4. The molecular formula is C14H16N2O2. The summed E-state index contributed by atoms with van der Waals surface area (Å²) >= 11 is 0. The Balaban J connectivity index is 2.06. The molecule has 1 aromatic heterocycles. The zero-order valence-corrected chi connectivity index (χ0v) is 10.6. The Kier molecular flexibility index (Phi) is 3.89. The summed E-state index contributed by atoms with van der Waals surface area (Å²) in [5, 5.41) is 4.14. The number of nitrogens with one attached hydrogen (secondary N) is 1. The monoisotopic (exact) mass is 244 g/mol. The Labute approximate surface area is 106 Å². The third kappa shape index (κ3) is 3.05. The summed E-state index contributed by atoms with van der Waals surface area (Å²) in [6.45, 7) is 2.84. The summed E-state index contributed by atoms with van der Waals surface area (Å²) in [7, 11) is 1.38. The number of ether oxygens (including phenoxy) is 1. The molecule has 2 rings (SSSR count). The van der Waals surface area contributed by atoms with Crippen LogP contribution < -0.4 is 5.32 Å². The molecule has 0 aliphatic carbocycles. The van der Waals surface area contributed by atoms with E-state index in [1.165, 1.54) is 7.11 Å². The van der Waals surface area contributed by atoms with Crippen molar-refractivity contribution in [3.8, 4) is 0 Å². The van der Waals surface area contributed by atoms with Gasteiger partial charge in [-0.15, -0.1) is 0 Å². The molecule has 0 saturated heterocycles. The van der Waals surface area contributed by atoms with E-state index >= 15 is 0 Å². The first kappa shape index (κ1) is 12.5. The number of benzene rings is 1. The van der Waals surface area contributed by atoms with Crippen molar-refractivity contribution in [2.45, 2.75) is 13.5 Å². The first-order chi connectivity index (χ1) is 8.69. The van der Waals surface area contributed by atoms with E-state index in [0.717, 1.165) is 22.2 Å². The van der Waals surface area contributed by atoms with Crippen LogP contribution in [0.5, 0.6) is 0 Å². The minimum Gasteiger partial charge on any atom is -0.468 e. The standard InChI is InChI=1S/C14H16N2O2/c1-10-3-5-12-7-11(4-6-13(12)16-10)8-15-9-14(17)18-2/h3-7,15H,8-9H2,1-2H3. The number of hydrogen-bond acceptors (Lipinski definition) is 4. The SMILES string of the molecule is COC(=O)CNCc1ccc2nc(C)ccc2c1. The largest absolute Gasteiger partial charge is 0.468 e. The average molecular weight is 244 g/mol. The van der Waals surface area contributed by atoms with Gasteiger partial charge in [0.2, 0.25) is 0 Å². The normalized spacial score (nSPS) is 10.6. The number of aryl methyl sites for hydroxylation is 1. The third-order valence-corrected chi connectivity index (χ3v) is 2.72. The van der Waals surface area contributed by atoms with Crippen LogP contribution in [0.2, 0.25) is 0 Å². The predicted molar refractivity (Wildman–Crippen MR) is 70.2 cm³/mol. The zero-order valence-electron chi connectivity index (χ0n) is 10.6. The molecule has 0 spiro atoms. The van der Waals surface area contributed by atoms with Gasteiger partial charge < -0.3 is 10.1 Å². The molecule has 94 valence electrons. The van der Waals surface area contributed by atoms with E-state index in [1.807, 2.05) is 25.1 Å². The molecule has 2 aromatic rings. The number of carbonyl (C=O) groups is 1. The van der Waals surface area contributed by atoms with Gasteiger partial charge in [-0.1, -0.05) is 12.1 Å². The molecule has 18 heavy (non-hydrogen) atoms. The Morgan fingerprint density at radius 1 is 1.33 bits per heavy atom. The van der Waals surface area contributed by atoms with Crippen LogP contribution in [0, 0.1) is 6.92 Å². The van der Waals surface area contributed by atoms with Gasteiger partial charge in [-0.3, -0.25) is 9.78 Å². The number of fused-ring (bicyclic) bond motifs is 1. The quantitative estimate of drug-likeness (QED) is 0.833. The van der Waals surface area contributed by atoms with Crippen LogP contribution >= 0.6 is 0 Å². The second kappa shape index (κ2) is 5.60. The van der Waals surface area contributed by atoms with Crippen molar-refractivity contribution < 1.29 is 9.53 Å². The van der Waals surface area contributed by atoms with E-state index in [2.05, 4.69) is 27.2 Å². The van der Waals surface area contributed by atoms with Crippen LogP contribution in [0.25, 0.3) is 10.9 Å². The van der Waals surface area contributed by atoms with Gasteiger partial charge in [0.05, 0.1) is 19.2 Å². The Morgan fingerprint density at radius 2 is 2.17 bits per heavy atom. The topological polar surface area (TPSA) is 51.2 Å². The molecule has 4 nitrogen and oxygen atoms in total. The summed E-state index contributed by atoms with van der Waals surface area (Å²) < 4.78 is 4.56. The van der Waals surface area contributed by atoms with Crippen molar-refractivity contribution >= 4 is 16.9 Å². The number of aromatic nitrogens is 1. The van der Waals surface area contributed by atoms with E-state index < -0.39 is 0 Å². The van der Waals surface area contributed by atoms with E-state index in [0.29, 0.717) is 6.54 Å². The van der Waals surface area contributed by atoms with Crippen LogP contribution in [0.15, 0.2) is 30.3 Å². The fourth-order valence-electron chi connectivity index (χ4n) is 1.77. The van der Waals surface area contributed by atoms with Crippen molar-refractivity contribution in [3.63, 3.8) is 0 Å². The summed E-state index contributed by atoms with van der Waals surface area (Å²) in [5.74, 6) is -0.256. The Morgan fingerprint density at radius 3 is 2.94 bits per heavy atom. The zero-order chi connectivity index (χ0) is 13.0. The Bertz CT molecular complexity index is 567. The molecule has 0 unspecified atom stereocenters. The molecule has 1 N–H and O–H groups in total. The van der Waals surface area contributed by atoms with E-state index in [4.69, 9.17) is 0 Å². The van der Waals surface area contributed by atoms with Crippen LogP contribution in [0.3, 0.4) is 0 Å². The summed E-state index contributed by atoms with van der Waals surface area (Å²) in [6, 6.07) is 10.1. The average Bonchev–Trinajstić information content (AvgIpc) is 2.38. The lowest BCUT2D eigenvalue weighted by atomic mass is 10.1. The molecule has 4 heteroatoms. The van der Waals surface area contributed by atoms with Crippen molar-refractivity contribution in [1.82, 2.24) is 10.3 Å². The number of esters is 1. The number of hydrogen-bond donors (Lipinski definition) is 1. The van der Waals surface area contributed by atoms with Crippen LogP contribution in [-0.4, -0.2) is 24.6 Å². The van der Waals surface area contributed by atoms with Gasteiger partial charge in [0, 0.05) is 17.6 Å². The molecule has 0 amide bonds. The van der Waals surface area contributed by atoms with Gasteiger partial charge in [-0.05, 0) is 30.7 Å². The van der Waals surface area contributed by atoms with Gasteiger partial charge >= 0.3 is 5.97 Å². The molecule has 0 aliphatic rings. The van der Waals surface area contributed by atoms with E-state index in [9.17, 15) is 4.79 Å². The van der Waals surface area contributed by atoms with Gasteiger partial charge in [-0.25, -0.2) is 0 Å². The van der Waals surface area contributed by atoms with Gasteiger partial charge in [0.15, 0.2) is 0 Å². The first-order valence-electron chi connectivity index (χ1n) is 5.83. The lowest BCUT2D eigenvalue weighted by Gasteiger charge is -2.05. The highest BCUT2D eigenvalue weighted by Crippen LogP contribution is 2.14. The van der Waals surface area contributed by atoms with Gasteiger partial charge in [0.1, 0.15) is 0 Å². The first-order valence-corrected chi connectivity index (χ1v) is 5.83. The maximum Gasteiger partial charge on any atom is 0.319 e. The maximum absolute atomic E-state index is 11.0. The van der Waals surface area contributed by atoms with Gasteiger partial charge in [-0.2, -0.15) is 0 Å². The van der Waals surface area contributed by atoms with Crippen molar-refractivity contribution in [1.29, 1.82) is 0 Å². The van der Waals surface area contributed by atoms with E-state index in [1.54, 1.807) is 0 Å². The molecule has 0 bridgehead atoms. The number of nitrogens with zero attached hydrogens (tertiary/aromatic N) is 1. The molecule has 0 saturated carbocycles. The van der Waals surface area contributed by atoms with Crippen LogP contribution in [0.4, 0.5) is 0 Å². The summed E-state index contributed by atoms with van der Waals surface area (Å²) in [5.41, 5.74) is 3.13. The van der Waals surface area contributed by atoms with Crippen molar-refractivity contribution in [2.75, 3.05) is 13.7 Å². The predicted octanol–water partition coefficient (Wildman–Crippen LogP) is 1.81. The smallest absolute Gasteiger partial charge is 0.319 e. The van der Waals surface area contributed by atoms with Crippen LogP contribution in [-0.2, 0) is 16.1 Å². The second-order valence-electron chi connectivity index (χ2n) is 4.16. The van der Waals surface area contributed by atoms with Crippen molar-refractivity contribution in [2.24, 2.45) is 0 Å². The lowest BCUT2D eigenvalue weighted by molar-refractivity contribution is -0.139. The fraction of sp³-hybridized carbons (Fsp3) is 0.286. The molecule has 0 radical (unpaired) electrons. The molecule has 0 atom stereocenters. The van der Waals surface area contributed by atoms with Gasteiger partial charge in [0.25, 0.3) is 0 Å². The highest BCUT2D eigenvalue weighted by Gasteiger charge is 2.01. The van der Waals surface area contributed by atoms with E-state index in [-0.39, 0.29) is 12.5 Å². The molecule has 0 fully saturated rings. The summed E-state index contributed by atoms with van der Waals surface area (Å²) in [6.07, 6.45) is 0.